The molecule has 0 radical (unpaired) electrons. The highest BCUT2D eigenvalue weighted by atomic mass is 15.2. The summed E-state index contributed by atoms with van der Waals surface area (Å²) >= 11 is 0. The molecular weight excluding hydrogens is 252 g/mol. The quantitative estimate of drug-likeness (QED) is 0.583. The molecule has 0 spiro atoms. The molecule has 0 saturated carbocycles. The van der Waals surface area contributed by atoms with Gasteiger partial charge in [-0.25, -0.2) is 0 Å². The average molecular weight is 264 g/mol. The van der Waals surface area contributed by atoms with E-state index in [1.54, 1.807) is 10.9 Å². The smallest absolute Gasteiger partial charge is 0.178 e. The van der Waals surface area contributed by atoms with Crippen LogP contribution in [0.2, 0.25) is 0 Å². The molecule has 98 valence electrons. The minimum absolute atomic E-state index is 0.726. The largest absolute Gasteiger partial charge is 0.337 e. The summed E-state index contributed by atoms with van der Waals surface area (Å²) in [5, 5.41) is 15.9. The minimum Gasteiger partial charge on any atom is -0.337 e. The van der Waals surface area contributed by atoms with Crippen molar-refractivity contribution in [2.24, 2.45) is 7.05 Å². The van der Waals surface area contributed by atoms with Crippen LogP contribution in [0, 0.1) is 0 Å². The molecule has 0 saturated heterocycles. The molecule has 3 heterocycles. The number of aryl methyl sites for hydroxylation is 1. The fourth-order valence-electron chi connectivity index (χ4n) is 2.30. The molecule has 4 rings (SSSR count). The van der Waals surface area contributed by atoms with Gasteiger partial charge in [0, 0.05) is 30.5 Å². The fourth-order valence-corrected chi connectivity index (χ4v) is 2.30. The van der Waals surface area contributed by atoms with Crippen molar-refractivity contribution in [3.05, 3.63) is 42.7 Å². The van der Waals surface area contributed by atoms with Crippen molar-refractivity contribution in [3.63, 3.8) is 0 Å². The second-order valence-electron chi connectivity index (χ2n) is 4.67. The summed E-state index contributed by atoms with van der Waals surface area (Å²) in [6, 6.07) is 9.85. The number of pyridine rings is 1. The summed E-state index contributed by atoms with van der Waals surface area (Å²) in [7, 11) is 1.91. The van der Waals surface area contributed by atoms with Gasteiger partial charge in [-0.05, 0) is 30.3 Å². The Kier molecular flexibility index (Phi) is 2.23. The van der Waals surface area contributed by atoms with Gasteiger partial charge in [-0.1, -0.05) is 0 Å². The Labute approximate surface area is 114 Å². The van der Waals surface area contributed by atoms with Crippen molar-refractivity contribution in [2.75, 3.05) is 5.32 Å². The molecule has 1 aromatic carbocycles. The van der Waals surface area contributed by atoms with Gasteiger partial charge in [-0.15, -0.1) is 0 Å². The van der Waals surface area contributed by atoms with E-state index in [1.165, 1.54) is 0 Å². The van der Waals surface area contributed by atoms with Crippen LogP contribution in [0.3, 0.4) is 0 Å². The van der Waals surface area contributed by atoms with E-state index in [9.17, 15) is 0 Å². The molecule has 0 bridgehead atoms. The molecule has 6 nitrogen and oxygen atoms in total. The zero-order chi connectivity index (χ0) is 13.5. The Bertz CT molecular complexity index is 904. The molecule has 3 aromatic heterocycles. The fraction of sp³-hybridized carbons (Fsp3) is 0.0714. The molecule has 0 fully saturated rings. The van der Waals surface area contributed by atoms with E-state index in [2.05, 4.69) is 25.6 Å². The van der Waals surface area contributed by atoms with Crippen LogP contribution in [0.4, 0.5) is 11.5 Å². The molecule has 6 heteroatoms. The van der Waals surface area contributed by atoms with Gasteiger partial charge in [0.05, 0.1) is 11.0 Å². The van der Waals surface area contributed by atoms with Crippen LogP contribution in [-0.4, -0.2) is 25.0 Å². The van der Waals surface area contributed by atoms with Crippen LogP contribution >= 0.6 is 0 Å². The lowest BCUT2D eigenvalue weighted by molar-refractivity contribution is 0.780. The van der Waals surface area contributed by atoms with E-state index in [-0.39, 0.29) is 0 Å². The van der Waals surface area contributed by atoms with E-state index < -0.39 is 0 Å². The average Bonchev–Trinajstić information content (AvgIpc) is 3.02. The number of rotatable bonds is 2. The SMILES string of the molecule is Cn1cc2cc(Nc3n[nH]c4cccnc34)ccc2n1. The van der Waals surface area contributed by atoms with Crippen LogP contribution in [0.1, 0.15) is 0 Å². The van der Waals surface area contributed by atoms with E-state index in [0.29, 0.717) is 0 Å². The second-order valence-corrected chi connectivity index (χ2v) is 4.67. The minimum atomic E-state index is 0.726. The predicted molar refractivity (Wildman–Crippen MR) is 77.9 cm³/mol. The summed E-state index contributed by atoms with van der Waals surface area (Å²) in [6.45, 7) is 0. The first kappa shape index (κ1) is 11.0. The maximum atomic E-state index is 4.36. The van der Waals surface area contributed by atoms with Crippen LogP contribution in [-0.2, 0) is 7.05 Å². The van der Waals surface area contributed by atoms with E-state index in [4.69, 9.17) is 0 Å². The molecule has 0 aliphatic heterocycles. The van der Waals surface area contributed by atoms with Crippen LogP contribution < -0.4 is 5.32 Å². The molecule has 0 unspecified atom stereocenters. The first-order valence-corrected chi connectivity index (χ1v) is 6.29. The first-order valence-electron chi connectivity index (χ1n) is 6.29. The van der Waals surface area contributed by atoms with Gasteiger partial charge in [0.25, 0.3) is 0 Å². The summed E-state index contributed by atoms with van der Waals surface area (Å²) in [5.74, 6) is 0.726. The highest BCUT2D eigenvalue weighted by molar-refractivity contribution is 5.89. The van der Waals surface area contributed by atoms with Crippen LogP contribution in [0.25, 0.3) is 21.9 Å². The number of nitrogens with zero attached hydrogens (tertiary/aromatic N) is 4. The highest BCUT2D eigenvalue weighted by Crippen LogP contribution is 2.24. The van der Waals surface area contributed by atoms with Gasteiger partial charge in [0.15, 0.2) is 5.82 Å². The molecule has 0 aliphatic carbocycles. The predicted octanol–water partition coefficient (Wildman–Crippen LogP) is 2.59. The van der Waals surface area contributed by atoms with Gasteiger partial charge < -0.3 is 5.32 Å². The third-order valence-electron chi connectivity index (χ3n) is 3.20. The summed E-state index contributed by atoms with van der Waals surface area (Å²) in [6.07, 6.45) is 3.74. The van der Waals surface area contributed by atoms with Gasteiger partial charge in [0.1, 0.15) is 5.52 Å². The Morgan fingerprint density at radius 2 is 2.20 bits per heavy atom. The number of benzene rings is 1. The number of hydrogen-bond acceptors (Lipinski definition) is 4. The molecule has 0 atom stereocenters. The van der Waals surface area contributed by atoms with Gasteiger partial charge >= 0.3 is 0 Å². The Morgan fingerprint density at radius 3 is 3.15 bits per heavy atom. The van der Waals surface area contributed by atoms with Crippen molar-refractivity contribution in [1.82, 2.24) is 25.0 Å². The lowest BCUT2D eigenvalue weighted by atomic mass is 10.2. The molecule has 4 aromatic rings. The first-order chi connectivity index (χ1) is 9.79. The number of aromatic nitrogens is 5. The van der Waals surface area contributed by atoms with Crippen molar-refractivity contribution >= 4 is 33.4 Å². The van der Waals surface area contributed by atoms with E-state index >= 15 is 0 Å². The number of hydrogen-bond donors (Lipinski definition) is 2. The number of fused-ring (bicyclic) bond motifs is 2. The number of aromatic amines is 1. The maximum Gasteiger partial charge on any atom is 0.178 e. The van der Waals surface area contributed by atoms with E-state index in [1.807, 2.05) is 43.6 Å². The molecule has 20 heavy (non-hydrogen) atoms. The van der Waals surface area contributed by atoms with Gasteiger partial charge in [-0.3, -0.25) is 14.8 Å². The lowest BCUT2D eigenvalue weighted by Gasteiger charge is -2.02. The Balaban J connectivity index is 1.76. The Morgan fingerprint density at radius 1 is 1.25 bits per heavy atom. The second kappa shape index (κ2) is 4.06. The molecule has 2 N–H and O–H groups in total. The third kappa shape index (κ3) is 1.70. The maximum absolute atomic E-state index is 4.36. The molecule has 0 amide bonds. The summed E-state index contributed by atoms with van der Waals surface area (Å²) in [5.41, 5.74) is 3.68. The van der Waals surface area contributed by atoms with Crippen LogP contribution in [0.5, 0.6) is 0 Å². The van der Waals surface area contributed by atoms with Crippen molar-refractivity contribution < 1.29 is 0 Å². The van der Waals surface area contributed by atoms with Crippen LogP contribution in [0.15, 0.2) is 42.7 Å². The number of H-pyrrole nitrogens is 1. The summed E-state index contributed by atoms with van der Waals surface area (Å²) in [4.78, 5) is 4.33. The normalized spacial score (nSPS) is 11.2. The molecule has 0 aliphatic rings. The highest BCUT2D eigenvalue weighted by Gasteiger charge is 2.07. The Hall–Kier alpha value is -2.89. The van der Waals surface area contributed by atoms with Gasteiger partial charge in [0.2, 0.25) is 0 Å². The standard InChI is InChI=1S/C14H12N6/c1-20-8-9-7-10(4-5-11(9)19-20)16-14-13-12(17-18-14)3-2-6-15-13/h2-8H,1H3,(H2,16,17,18). The summed E-state index contributed by atoms with van der Waals surface area (Å²) < 4.78 is 1.81. The number of nitrogens with one attached hydrogen (secondary N) is 2. The van der Waals surface area contributed by atoms with Crippen molar-refractivity contribution in [3.8, 4) is 0 Å². The third-order valence-corrected chi connectivity index (χ3v) is 3.20. The lowest BCUT2D eigenvalue weighted by Crippen LogP contribution is -1.91. The topological polar surface area (TPSA) is 71.4 Å². The van der Waals surface area contributed by atoms with Crippen molar-refractivity contribution in [1.29, 1.82) is 0 Å². The van der Waals surface area contributed by atoms with E-state index in [0.717, 1.165) is 33.4 Å². The molecular formula is C14H12N6. The zero-order valence-corrected chi connectivity index (χ0v) is 10.8. The number of anilines is 2. The van der Waals surface area contributed by atoms with Crippen molar-refractivity contribution in [2.45, 2.75) is 0 Å². The zero-order valence-electron chi connectivity index (χ0n) is 10.8. The monoisotopic (exact) mass is 264 g/mol. The van der Waals surface area contributed by atoms with Gasteiger partial charge in [-0.2, -0.15) is 10.2 Å².